The number of hydrogen-bond acceptors (Lipinski definition) is 9. The first-order chi connectivity index (χ1) is 16.5. The summed E-state index contributed by atoms with van der Waals surface area (Å²) in [6, 6.07) is 2.96. The fraction of sp³-hybridized carbons (Fsp3) is 0.333. The minimum absolute atomic E-state index is 0.0495. The molecule has 0 saturated heterocycles. The standard InChI is InChI=1S/C21H22BrN5O7S/c1-5-8-33-21(30)15-11(2)16(20(29)25(3)4)35-19(15)23-18(28)14-7-6-12(34-14)9-26-10-13(22)17(24-26)27(31)32/h6-7,10H,5,8-9H2,1-4H3,(H,23,28). The summed E-state index contributed by atoms with van der Waals surface area (Å²) < 4.78 is 12.3. The molecule has 0 radical (unpaired) electrons. The van der Waals surface area contributed by atoms with Crippen molar-refractivity contribution in [3.05, 3.63) is 60.4 Å². The maximum Gasteiger partial charge on any atom is 0.404 e. The Kier molecular flexibility index (Phi) is 8.07. The number of nitrogens with one attached hydrogen (secondary N) is 1. The maximum atomic E-state index is 12.9. The van der Waals surface area contributed by atoms with Gasteiger partial charge in [0.15, 0.2) is 5.76 Å². The van der Waals surface area contributed by atoms with Crippen LogP contribution in [0.25, 0.3) is 0 Å². The molecule has 2 amide bonds. The summed E-state index contributed by atoms with van der Waals surface area (Å²) in [5.74, 6) is -1.66. The lowest BCUT2D eigenvalue weighted by Crippen LogP contribution is -2.21. The van der Waals surface area contributed by atoms with Gasteiger partial charge in [0.1, 0.15) is 21.8 Å². The van der Waals surface area contributed by atoms with Crippen LogP contribution in [0.15, 0.2) is 27.2 Å². The summed E-state index contributed by atoms with van der Waals surface area (Å²) in [5, 5.41) is 17.6. The van der Waals surface area contributed by atoms with Gasteiger partial charge >= 0.3 is 11.8 Å². The van der Waals surface area contributed by atoms with Crippen LogP contribution in [0.1, 0.15) is 55.3 Å². The second kappa shape index (κ2) is 10.8. The number of hydrogen-bond donors (Lipinski definition) is 1. The molecule has 3 aromatic rings. The van der Waals surface area contributed by atoms with E-state index in [0.29, 0.717) is 22.6 Å². The number of furan rings is 1. The van der Waals surface area contributed by atoms with E-state index in [9.17, 15) is 24.5 Å². The first-order valence-electron chi connectivity index (χ1n) is 10.3. The third-order valence-electron chi connectivity index (χ3n) is 4.69. The quantitative estimate of drug-likeness (QED) is 0.231. The Labute approximate surface area is 212 Å². The van der Waals surface area contributed by atoms with Crippen LogP contribution in [0.5, 0.6) is 0 Å². The number of carbonyl (C=O) groups excluding carboxylic acids is 3. The van der Waals surface area contributed by atoms with E-state index in [1.807, 2.05) is 6.92 Å². The van der Waals surface area contributed by atoms with Crippen molar-refractivity contribution in [2.45, 2.75) is 26.8 Å². The van der Waals surface area contributed by atoms with E-state index in [-0.39, 0.29) is 45.7 Å². The minimum Gasteiger partial charge on any atom is -0.462 e. The van der Waals surface area contributed by atoms with Crippen molar-refractivity contribution >= 4 is 55.9 Å². The largest absolute Gasteiger partial charge is 0.462 e. The Bertz CT molecular complexity index is 1290. The highest BCUT2D eigenvalue weighted by Gasteiger charge is 2.28. The predicted octanol–water partition coefficient (Wildman–Crippen LogP) is 4.09. The average molecular weight is 568 g/mol. The number of rotatable bonds is 9. The third-order valence-corrected chi connectivity index (χ3v) is 6.45. The van der Waals surface area contributed by atoms with Crippen molar-refractivity contribution in [2.75, 3.05) is 26.0 Å². The van der Waals surface area contributed by atoms with Gasteiger partial charge in [-0.15, -0.1) is 11.3 Å². The SMILES string of the molecule is CCCOC(=O)c1c(NC(=O)c2ccc(Cn3cc(Br)c([N+](=O)[O-])n3)o2)sc(C(=O)N(C)C)c1C. The number of nitrogens with zero attached hydrogens (tertiary/aromatic N) is 4. The van der Waals surface area contributed by atoms with Gasteiger partial charge in [-0.3, -0.25) is 9.59 Å². The summed E-state index contributed by atoms with van der Waals surface area (Å²) in [5.41, 5.74) is 0.526. The number of halogens is 1. The molecule has 0 atom stereocenters. The molecule has 0 aliphatic rings. The lowest BCUT2D eigenvalue weighted by atomic mass is 10.1. The van der Waals surface area contributed by atoms with E-state index in [0.717, 1.165) is 11.3 Å². The number of amides is 2. The molecule has 0 aromatic carbocycles. The van der Waals surface area contributed by atoms with Crippen molar-refractivity contribution in [1.29, 1.82) is 0 Å². The van der Waals surface area contributed by atoms with Gasteiger partial charge < -0.3 is 29.5 Å². The van der Waals surface area contributed by atoms with Gasteiger partial charge in [0.05, 0.1) is 28.3 Å². The number of nitro groups is 1. The van der Waals surface area contributed by atoms with Gasteiger partial charge in [0.25, 0.3) is 11.8 Å². The second-order valence-electron chi connectivity index (χ2n) is 7.57. The highest BCUT2D eigenvalue weighted by Crippen LogP contribution is 2.35. The van der Waals surface area contributed by atoms with Crippen LogP contribution < -0.4 is 5.32 Å². The van der Waals surface area contributed by atoms with E-state index < -0.39 is 16.8 Å². The molecule has 0 saturated carbocycles. The summed E-state index contributed by atoms with van der Waals surface area (Å²) in [6.07, 6.45) is 2.04. The van der Waals surface area contributed by atoms with E-state index in [1.54, 1.807) is 21.0 Å². The predicted molar refractivity (Wildman–Crippen MR) is 130 cm³/mol. The zero-order chi connectivity index (χ0) is 25.9. The number of anilines is 1. The fourth-order valence-electron chi connectivity index (χ4n) is 3.02. The molecule has 0 aliphatic carbocycles. The zero-order valence-electron chi connectivity index (χ0n) is 19.3. The molecular formula is C21H22BrN5O7S. The minimum atomic E-state index is -0.640. The van der Waals surface area contributed by atoms with Crippen LogP contribution in [0, 0.1) is 17.0 Å². The highest BCUT2D eigenvalue weighted by molar-refractivity contribution is 9.10. The van der Waals surface area contributed by atoms with Crippen molar-refractivity contribution in [2.24, 2.45) is 0 Å². The normalized spacial score (nSPS) is 10.8. The van der Waals surface area contributed by atoms with Crippen molar-refractivity contribution in [3.8, 4) is 0 Å². The van der Waals surface area contributed by atoms with Crippen LogP contribution in [-0.2, 0) is 11.3 Å². The molecule has 0 bridgehead atoms. The van der Waals surface area contributed by atoms with E-state index in [4.69, 9.17) is 9.15 Å². The van der Waals surface area contributed by atoms with Crippen LogP contribution in [-0.4, -0.2) is 58.1 Å². The van der Waals surface area contributed by atoms with Gasteiger partial charge in [-0.2, -0.15) is 4.68 Å². The topological polar surface area (TPSA) is 150 Å². The molecule has 0 fully saturated rings. The summed E-state index contributed by atoms with van der Waals surface area (Å²) in [4.78, 5) is 50.1. The van der Waals surface area contributed by atoms with Gasteiger partial charge in [-0.1, -0.05) is 6.92 Å². The van der Waals surface area contributed by atoms with Gasteiger partial charge in [-0.25, -0.2) is 4.79 Å². The van der Waals surface area contributed by atoms with Crippen LogP contribution in [0.4, 0.5) is 10.8 Å². The van der Waals surface area contributed by atoms with Crippen molar-refractivity contribution < 1.29 is 28.5 Å². The molecule has 3 rings (SSSR count). The Morgan fingerprint density at radius 1 is 1.34 bits per heavy atom. The van der Waals surface area contributed by atoms with Crippen LogP contribution in [0.2, 0.25) is 0 Å². The van der Waals surface area contributed by atoms with E-state index >= 15 is 0 Å². The lowest BCUT2D eigenvalue weighted by Gasteiger charge is -2.09. The molecule has 1 N–H and O–H groups in total. The van der Waals surface area contributed by atoms with E-state index in [2.05, 4.69) is 26.3 Å². The average Bonchev–Trinajstić information content (AvgIpc) is 3.49. The number of esters is 1. The summed E-state index contributed by atoms with van der Waals surface area (Å²) in [6.45, 7) is 3.72. The molecule has 0 spiro atoms. The first-order valence-corrected chi connectivity index (χ1v) is 11.9. The molecular weight excluding hydrogens is 546 g/mol. The molecule has 0 unspecified atom stereocenters. The van der Waals surface area contributed by atoms with Crippen molar-refractivity contribution in [1.82, 2.24) is 14.7 Å². The molecule has 14 heteroatoms. The first kappa shape index (κ1) is 26.1. The Hall–Kier alpha value is -3.52. The molecule has 0 aliphatic heterocycles. The second-order valence-corrected chi connectivity index (χ2v) is 9.45. The molecule has 35 heavy (non-hydrogen) atoms. The highest BCUT2D eigenvalue weighted by atomic mass is 79.9. The Morgan fingerprint density at radius 3 is 2.66 bits per heavy atom. The summed E-state index contributed by atoms with van der Waals surface area (Å²) >= 11 is 4.05. The Balaban J connectivity index is 1.84. The molecule has 3 aromatic heterocycles. The van der Waals surface area contributed by atoms with Crippen LogP contribution >= 0.6 is 27.3 Å². The maximum absolute atomic E-state index is 12.9. The van der Waals surface area contributed by atoms with Gasteiger partial charge in [0, 0.05) is 14.1 Å². The number of carbonyl (C=O) groups is 3. The monoisotopic (exact) mass is 567 g/mol. The van der Waals surface area contributed by atoms with Gasteiger partial charge in [0.2, 0.25) is 0 Å². The van der Waals surface area contributed by atoms with Gasteiger partial charge in [-0.05, 0) is 51.9 Å². The zero-order valence-corrected chi connectivity index (χ0v) is 21.7. The molecule has 12 nitrogen and oxygen atoms in total. The van der Waals surface area contributed by atoms with Crippen LogP contribution in [0.3, 0.4) is 0 Å². The number of aromatic nitrogens is 2. The summed E-state index contributed by atoms with van der Waals surface area (Å²) in [7, 11) is 3.18. The lowest BCUT2D eigenvalue weighted by molar-refractivity contribution is -0.390. The smallest absolute Gasteiger partial charge is 0.404 e. The third kappa shape index (κ3) is 5.77. The van der Waals surface area contributed by atoms with Crippen molar-refractivity contribution in [3.63, 3.8) is 0 Å². The fourth-order valence-corrected chi connectivity index (χ4v) is 4.69. The van der Waals surface area contributed by atoms with E-state index in [1.165, 1.54) is 27.9 Å². The molecule has 186 valence electrons. The number of ether oxygens (including phenoxy) is 1. The molecule has 3 heterocycles. The number of thiophene rings is 1. The Morgan fingerprint density at radius 2 is 2.06 bits per heavy atom.